The van der Waals surface area contributed by atoms with E-state index in [1.807, 2.05) is 71.0 Å². The van der Waals surface area contributed by atoms with Gasteiger partial charge in [-0.05, 0) is 92.0 Å². The van der Waals surface area contributed by atoms with Gasteiger partial charge in [-0.25, -0.2) is 19.3 Å². The van der Waals surface area contributed by atoms with Crippen LogP contribution in [-0.4, -0.2) is 91.6 Å². The van der Waals surface area contributed by atoms with Crippen LogP contribution in [0.2, 0.25) is 0 Å². The summed E-state index contributed by atoms with van der Waals surface area (Å²) < 4.78 is 35.1. The summed E-state index contributed by atoms with van der Waals surface area (Å²) in [5.74, 6) is -1.96. The molecule has 0 unspecified atom stereocenters. The highest BCUT2D eigenvalue weighted by atomic mass is 32.1. The number of benzene rings is 4. The minimum atomic E-state index is -0.944. The average Bonchev–Trinajstić information content (AvgIpc) is 4.03. The second-order valence-electron chi connectivity index (χ2n) is 20.1. The van der Waals surface area contributed by atoms with Crippen LogP contribution in [0, 0.1) is 25.1 Å². The fourth-order valence-corrected chi connectivity index (χ4v) is 10.1. The lowest BCUT2D eigenvalue weighted by molar-refractivity contribution is -0.144. The molecule has 0 radical (unpaired) electrons. The number of carbonyl (C=O) groups excluding carboxylic acids is 4. The number of likely N-dealkylation sites (tertiary alicyclic amines) is 1. The molecule has 398 valence electrons. The number of hydrogen-bond donors (Lipinski definition) is 4. The highest BCUT2D eigenvalue weighted by Gasteiger charge is 2.44. The first kappa shape index (κ1) is 54.5. The number of carbonyl (C=O) groups is 4. The van der Waals surface area contributed by atoms with Crippen LogP contribution in [-0.2, 0) is 34.4 Å². The maximum absolute atomic E-state index is 15.6. The summed E-state index contributed by atoms with van der Waals surface area (Å²) in [5, 5.41) is 20.0. The highest BCUT2D eigenvalue weighted by Crippen LogP contribution is 2.37. The van der Waals surface area contributed by atoms with E-state index in [0.29, 0.717) is 58.3 Å². The van der Waals surface area contributed by atoms with Crippen LogP contribution in [0.25, 0.3) is 32.2 Å². The van der Waals surface area contributed by atoms with Crippen LogP contribution in [0.15, 0.2) is 89.4 Å². The summed E-state index contributed by atoms with van der Waals surface area (Å²) in [4.78, 5) is 83.5. The first-order chi connectivity index (χ1) is 36.3. The minimum Gasteiger partial charge on any atom is -0.493 e. The van der Waals surface area contributed by atoms with Gasteiger partial charge in [-0.15, -0.1) is 11.3 Å². The molecule has 0 bridgehead atoms. The van der Waals surface area contributed by atoms with E-state index in [9.17, 15) is 29.1 Å². The number of amides is 4. The Morgan fingerprint density at radius 3 is 2.37 bits per heavy atom. The van der Waals surface area contributed by atoms with Crippen molar-refractivity contribution in [2.45, 2.75) is 105 Å². The molecule has 3 atom stereocenters. The van der Waals surface area contributed by atoms with Crippen LogP contribution in [0.5, 0.6) is 23.1 Å². The number of aliphatic hydroxyl groups excluding tert-OH is 1. The zero-order valence-corrected chi connectivity index (χ0v) is 44.7. The number of pyridine rings is 1. The molecule has 76 heavy (non-hydrogen) atoms. The van der Waals surface area contributed by atoms with Crippen molar-refractivity contribution in [3.63, 3.8) is 0 Å². The number of hydrogen-bond acceptors (Lipinski definition) is 13. The second kappa shape index (κ2) is 23.4. The summed E-state index contributed by atoms with van der Waals surface area (Å²) in [5.41, 5.74) is 6.23. The van der Waals surface area contributed by atoms with E-state index in [1.54, 1.807) is 53.6 Å². The molecule has 4 heterocycles. The third-order valence-electron chi connectivity index (χ3n) is 13.7. The van der Waals surface area contributed by atoms with Gasteiger partial charge in [-0.3, -0.25) is 24.0 Å². The largest absolute Gasteiger partial charge is 0.493 e. The number of halogens is 1. The lowest BCUT2D eigenvalue weighted by Gasteiger charge is -2.35. The topological polar surface area (TPSA) is 216 Å². The Labute approximate surface area is 443 Å². The number of aryl methyl sites for hydroxylation is 3. The number of rotatable bonds is 19. The zero-order chi connectivity index (χ0) is 54.4. The molecular weight excluding hydrogens is 992 g/mol. The highest BCUT2D eigenvalue weighted by molar-refractivity contribution is 7.13. The van der Waals surface area contributed by atoms with Crippen LogP contribution >= 0.6 is 11.3 Å². The van der Waals surface area contributed by atoms with Crippen molar-refractivity contribution in [1.82, 2.24) is 35.1 Å². The number of thiazole rings is 1. The molecule has 4 N–H and O–H groups in total. The van der Waals surface area contributed by atoms with Crippen molar-refractivity contribution in [2.75, 3.05) is 25.6 Å². The predicted octanol–water partition coefficient (Wildman–Crippen LogP) is 8.73. The molecule has 0 spiro atoms. The molecule has 1 aliphatic heterocycles. The molecule has 19 heteroatoms. The summed E-state index contributed by atoms with van der Waals surface area (Å²) in [6, 6.07) is 18.8. The smallest absolute Gasteiger partial charge is 0.261 e. The molecule has 1 fully saturated rings. The number of nitrogens with zero attached hydrogens (tertiary/aromatic N) is 5. The molecule has 0 saturated carbocycles. The molecule has 8 rings (SSSR count). The van der Waals surface area contributed by atoms with Crippen LogP contribution in [0.3, 0.4) is 0 Å². The Bertz CT molecular complexity index is 3370. The van der Waals surface area contributed by atoms with Gasteiger partial charge in [0.05, 0.1) is 52.3 Å². The SMILES string of the molecule is CCc1ccc2c(c1)c(=O)c(C(=O)Nc1ccc(Oc3ncnc4cc(OCCCCCC(=O)N[C@H](C(=O)N5C[C@H](O)C[C@H]5C(=O)NCc5ccc(-c6scnc6C)cc5)C(C)(C)C)c(OC)cc34)c(F)c1)c(C)n2C. The quantitative estimate of drug-likeness (QED) is 0.0560. The van der Waals surface area contributed by atoms with E-state index in [0.717, 1.165) is 39.7 Å². The van der Waals surface area contributed by atoms with Crippen LogP contribution in [0.4, 0.5) is 10.1 Å². The minimum absolute atomic E-state index is 0.0237. The van der Waals surface area contributed by atoms with E-state index in [4.69, 9.17) is 14.2 Å². The lowest BCUT2D eigenvalue weighted by atomic mass is 9.85. The molecule has 4 amide bonds. The molecule has 1 aliphatic rings. The fraction of sp³-hybridized carbons (Fsp3) is 0.368. The van der Waals surface area contributed by atoms with Gasteiger partial charge in [0.15, 0.2) is 23.1 Å². The second-order valence-corrected chi connectivity index (χ2v) is 20.9. The number of ether oxygens (including phenoxy) is 3. The first-order valence-corrected chi connectivity index (χ1v) is 26.1. The van der Waals surface area contributed by atoms with Gasteiger partial charge in [0.25, 0.3) is 5.91 Å². The fourth-order valence-electron chi connectivity index (χ4n) is 9.31. The summed E-state index contributed by atoms with van der Waals surface area (Å²) in [6.07, 6.45) is 3.07. The number of anilines is 1. The van der Waals surface area contributed by atoms with Crippen molar-refractivity contribution in [3.8, 4) is 33.6 Å². The van der Waals surface area contributed by atoms with E-state index in [-0.39, 0.29) is 67.2 Å². The molecule has 17 nitrogen and oxygen atoms in total. The van der Waals surface area contributed by atoms with E-state index in [1.165, 1.54) is 30.5 Å². The monoisotopic (exact) mass is 1050 g/mol. The Kier molecular flexibility index (Phi) is 16.8. The molecule has 4 aromatic carbocycles. The third kappa shape index (κ3) is 12.2. The van der Waals surface area contributed by atoms with E-state index in [2.05, 4.69) is 30.9 Å². The van der Waals surface area contributed by atoms with Gasteiger partial charge in [-0.1, -0.05) is 58.0 Å². The number of nitrogens with one attached hydrogen (secondary N) is 3. The van der Waals surface area contributed by atoms with Crippen molar-refractivity contribution >= 4 is 62.5 Å². The maximum atomic E-state index is 15.6. The van der Waals surface area contributed by atoms with Crippen molar-refractivity contribution in [3.05, 3.63) is 129 Å². The molecular formula is C57H63FN8O9S. The predicted molar refractivity (Wildman–Crippen MR) is 289 cm³/mol. The Hall–Kier alpha value is -7.77. The number of β-amino-alcohol motifs (C(OH)–C–C–N with tert-alkyl or cyclic N) is 1. The molecule has 3 aromatic heterocycles. The summed E-state index contributed by atoms with van der Waals surface area (Å²) in [6.45, 7) is 11.7. The maximum Gasteiger partial charge on any atom is 0.261 e. The van der Waals surface area contributed by atoms with Gasteiger partial charge < -0.3 is 44.7 Å². The zero-order valence-electron chi connectivity index (χ0n) is 43.9. The van der Waals surface area contributed by atoms with Crippen molar-refractivity contribution in [1.29, 1.82) is 0 Å². The average molecular weight is 1060 g/mol. The first-order valence-electron chi connectivity index (χ1n) is 25.3. The van der Waals surface area contributed by atoms with E-state index >= 15 is 4.39 Å². The normalized spacial score (nSPS) is 14.9. The number of unbranched alkanes of at least 4 members (excludes halogenated alkanes) is 2. The van der Waals surface area contributed by atoms with Gasteiger partial charge in [0, 0.05) is 61.9 Å². The van der Waals surface area contributed by atoms with Gasteiger partial charge >= 0.3 is 0 Å². The van der Waals surface area contributed by atoms with Crippen molar-refractivity contribution in [2.24, 2.45) is 12.5 Å². The third-order valence-corrected chi connectivity index (χ3v) is 14.7. The number of aliphatic hydroxyl groups is 1. The van der Waals surface area contributed by atoms with Gasteiger partial charge in [0.1, 0.15) is 24.0 Å². The Morgan fingerprint density at radius 2 is 1.67 bits per heavy atom. The molecule has 0 aliphatic carbocycles. The number of fused-ring (bicyclic) bond motifs is 2. The summed E-state index contributed by atoms with van der Waals surface area (Å²) >= 11 is 1.56. The Morgan fingerprint density at radius 1 is 0.908 bits per heavy atom. The molecule has 7 aromatic rings. The standard InChI is InChI=1S/C57H63FN8O9S/c1-9-34-16-20-43-40(23-34)50(69)49(33(3)65(43)7)54(71)63-37-19-21-45(41(58)24-37)75-55-39-26-46(73-8)47(27-42(39)60-30-61-55)74-22-12-10-11-13-48(68)64-52(57(4,5)6)56(72)66-29-38(67)25-44(66)53(70)59-28-35-14-17-36(18-15-35)51-32(2)62-31-76-51/h14-21,23-24,26-27,30-31,38,44,52,67H,9-13,22,25,28-29H2,1-8H3,(H,59,70)(H,63,71)(H,64,68)/t38-,44+,52-/m1/s1. The van der Waals surface area contributed by atoms with Crippen molar-refractivity contribution < 1.29 is 42.9 Å². The van der Waals surface area contributed by atoms with Gasteiger partial charge in [-0.2, -0.15) is 0 Å². The lowest BCUT2D eigenvalue weighted by Crippen LogP contribution is -2.57. The summed E-state index contributed by atoms with van der Waals surface area (Å²) in [7, 11) is 3.26. The van der Waals surface area contributed by atoms with Crippen LogP contribution < -0.4 is 35.6 Å². The molecule has 1 saturated heterocycles. The Balaban J connectivity index is 0.822. The number of methoxy groups -OCH3 is 1. The number of aromatic nitrogens is 4. The van der Waals surface area contributed by atoms with E-state index < -0.39 is 46.7 Å². The van der Waals surface area contributed by atoms with Crippen LogP contribution in [0.1, 0.15) is 92.7 Å². The van der Waals surface area contributed by atoms with Gasteiger partial charge in [0.2, 0.25) is 29.0 Å².